The summed E-state index contributed by atoms with van der Waals surface area (Å²) in [5.41, 5.74) is 1.50. The van der Waals surface area contributed by atoms with Crippen LogP contribution in [0, 0.1) is 5.41 Å². The van der Waals surface area contributed by atoms with Gasteiger partial charge in [-0.25, -0.2) is 0 Å². The first-order valence-corrected chi connectivity index (χ1v) is 7.97. The van der Waals surface area contributed by atoms with Gasteiger partial charge in [0, 0.05) is 38.5 Å². The minimum absolute atomic E-state index is 0.267. The third-order valence-corrected chi connectivity index (χ3v) is 4.41. The lowest BCUT2D eigenvalue weighted by Gasteiger charge is -2.45. The Morgan fingerprint density at radius 2 is 2.19 bits per heavy atom. The molecule has 1 aromatic heterocycles. The van der Waals surface area contributed by atoms with E-state index in [-0.39, 0.29) is 5.41 Å². The van der Waals surface area contributed by atoms with E-state index in [1.54, 1.807) is 7.11 Å². The van der Waals surface area contributed by atoms with Crippen molar-refractivity contribution in [3.63, 3.8) is 0 Å². The molecule has 1 aliphatic heterocycles. The Labute approximate surface area is 128 Å². The first-order chi connectivity index (χ1) is 9.95. The highest BCUT2D eigenvalue weighted by Gasteiger charge is 2.33. The van der Waals surface area contributed by atoms with Crippen LogP contribution in [-0.2, 0) is 11.3 Å². The van der Waals surface area contributed by atoms with Crippen LogP contribution in [0.4, 0.5) is 5.69 Å². The van der Waals surface area contributed by atoms with E-state index in [0.717, 1.165) is 26.1 Å². The molecule has 0 aromatic carbocycles. The summed E-state index contributed by atoms with van der Waals surface area (Å²) in [6, 6.07) is 1.05. The van der Waals surface area contributed by atoms with Crippen molar-refractivity contribution in [2.24, 2.45) is 5.41 Å². The highest BCUT2D eigenvalue weighted by Crippen LogP contribution is 2.27. The van der Waals surface area contributed by atoms with E-state index in [9.17, 15) is 0 Å². The van der Waals surface area contributed by atoms with Crippen molar-refractivity contribution in [2.45, 2.75) is 52.7 Å². The Balaban J connectivity index is 2.11. The summed E-state index contributed by atoms with van der Waals surface area (Å²) < 4.78 is 7.09. The zero-order chi connectivity index (χ0) is 15.5. The normalized spacial score (nSPS) is 23.6. The topological polar surface area (TPSA) is 42.3 Å². The lowest BCUT2D eigenvalue weighted by molar-refractivity contribution is 0.183. The minimum atomic E-state index is 0.267. The van der Waals surface area contributed by atoms with Gasteiger partial charge >= 0.3 is 0 Å². The van der Waals surface area contributed by atoms with Crippen molar-refractivity contribution >= 4 is 5.69 Å². The van der Waals surface area contributed by atoms with E-state index in [4.69, 9.17) is 4.74 Å². The Morgan fingerprint density at radius 3 is 2.81 bits per heavy atom. The molecule has 1 aliphatic rings. The van der Waals surface area contributed by atoms with Crippen LogP contribution < -0.4 is 10.2 Å². The fourth-order valence-electron chi connectivity index (χ4n) is 2.87. The molecule has 2 heterocycles. The molecular weight excluding hydrogens is 264 g/mol. The summed E-state index contributed by atoms with van der Waals surface area (Å²) in [7, 11) is 1.72. The molecule has 0 spiro atoms. The van der Waals surface area contributed by atoms with E-state index < -0.39 is 0 Å². The molecule has 1 aromatic rings. The summed E-state index contributed by atoms with van der Waals surface area (Å²) in [6.45, 7) is 12.8. The predicted octanol–water partition coefficient (Wildman–Crippen LogP) is 2.13. The van der Waals surface area contributed by atoms with Gasteiger partial charge in [0.25, 0.3) is 0 Å². The highest BCUT2D eigenvalue weighted by atomic mass is 16.5. The Morgan fingerprint density at radius 1 is 1.43 bits per heavy atom. The van der Waals surface area contributed by atoms with E-state index in [1.807, 2.05) is 10.9 Å². The molecule has 2 unspecified atom stereocenters. The number of methoxy groups -OCH3 is 1. The molecule has 1 fully saturated rings. The molecule has 0 bridgehead atoms. The van der Waals surface area contributed by atoms with Gasteiger partial charge in [0.05, 0.1) is 25.0 Å². The number of rotatable bonds is 5. The van der Waals surface area contributed by atoms with Crippen LogP contribution in [0.15, 0.2) is 12.4 Å². The quantitative estimate of drug-likeness (QED) is 0.903. The number of piperazine rings is 1. The van der Waals surface area contributed by atoms with Crippen molar-refractivity contribution in [3.05, 3.63) is 12.4 Å². The Kier molecular flexibility index (Phi) is 5.27. The number of aromatic nitrogens is 2. The lowest BCUT2D eigenvalue weighted by atomic mass is 9.84. The lowest BCUT2D eigenvalue weighted by Crippen LogP contribution is -2.60. The van der Waals surface area contributed by atoms with E-state index in [0.29, 0.717) is 18.7 Å². The van der Waals surface area contributed by atoms with Crippen LogP contribution in [0.2, 0.25) is 0 Å². The average molecular weight is 294 g/mol. The fraction of sp³-hybridized carbons (Fsp3) is 0.812. The summed E-state index contributed by atoms with van der Waals surface area (Å²) in [6.07, 6.45) is 5.28. The van der Waals surface area contributed by atoms with Crippen LogP contribution in [0.5, 0.6) is 0 Å². The summed E-state index contributed by atoms with van der Waals surface area (Å²) in [4.78, 5) is 2.52. The second-order valence-corrected chi connectivity index (χ2v) is 7.00. The minimum Gasteiger partial charge on any atom is -0.383 e. The summed E-state index contributed by atoms with van der Waals surface area (Å²) in [5.74, 6) is 0. The van der Waals surface area contributed by atoms with Gasteiger partial charge in [0.2, 0.25) is 0 Å². The van der Waals surface area contributed by atoms with Crippen molar-refractivity contribution in [3.8, 4) is 0 Å². The molecule has 5 heteroatoms. The SMILES string of the molecule is CCC1CNC(C(C)(C)C)CN1c1cnn(CCOC)c1. The number of ether oxygens (including phenoxy) is 1. The molecule has 1 saturated heterocycles. The molecule has 0 aliphatic carbocycles. The summed E-state index contributed by atoms with van der Waals surface area (Å²) in [5, 5.41) is 8.17. The monoisotopic (exact) mass is 294 g/mol. The zero-order valence-electron chi connectivity index (χ0n) is 14.1. The largest absolute Gasteiger partial charge is 0.383 e. The van der Waals surface area contributed by atoms with Crippen molar-refractivity contribution in [1.82, 2.24) is 15.1 Å². The van der Waals surface area contributed by atoms with Gasteiger partial charge in [0.1, 0.15) is 0 Å². The molecule has 120 valence electrons. The molecule has 2 atom stereocenters. The molecule has 0 radical (unpaired) electrons. The van der Waals surface area contributed by atoms with Gasteiger partial charge in [-0.15, -0.1) is 0 Å². The van der Waals surface area contributed by atoms with Crippen LogP contribution >= 0.6 is 0 Å². The van der Waals surface area contributed by atoms with Crippen molar-refractivity contribution in [2.75, 3.05) is 31.7 Å². The third-order valence-electron chi connectivity index (χ3n) is 4.41. The van der Waals surface area contributed by atoms with E-state index in [1.165, 1.54) is 5.69 Å². The maximum absolute atomic E-state index is 5.12. The van der Waals surface area contributed by atoms with E-state index in [2.05, 4.69) is 49.2 Å². The summed E-state index contributed by atoms with van der Waals surface area (Å²) >= 11 is 0. The van der Waals surface area contributed by atoms with Gasteiger partial charge in [-0.1, -0.05) is 27.7 Å². The number of anilines is 1. The van der Waals surface area contributed by atoms with Gasteiger partial charge in [-0.05, 0) is 11.8 Å². The molecule has 0 saturated carbocycles. The molecule has 5 nitrogen and oxygen atoms in total. The first-order valence-electron chi connectivity index (χ1n) is 7.97. The number of hydrogen-bond donors (Lipinski definition) is 1. The smallest absolute Gasteiger partial charge is 0.0756 e. The number of nitrogens with zero attached hydrogens (tertiary/aromatic N) is 3. The number of hydrogen-bond acceptors (Lipinski definition) is 4. The highest BCUT2D eigenvalue weighted by molar-refractivity contribution is 5.45. The molecule has 1 N–H and O–H groups in total. The standard InChI is InChI=1S/C16H30N4O/c1-6-13-9-17-15(16(2,3)4)12-20(13)14-10-18-19(11-14)7-8-21-5/h10-11,13,15,17H,6-9,12H2,1-5H3. The predicted molar refractivity (Wildman–Crippen MR) is 86.8 cm³/mol. The first kappa shape index (κ1) is 16.3. The molecule has 0 amide bonds. The van der Waals surface area contributed by atoms with Crippen LogP contribution in [0.3, 0.4) is 0 Å². The van der Waals surface area contributed by atoms with Crippen LogP contribution in [0.25, 0.3) is 0 Å². The number of nitrogens with one attached hydrogen (secondary N) is 1. The Bertz CT molecular complexity index is 438. The maximum Gasteiger partial charge on any atom is 0.0756 e. The van der Waals surface area contributed by atoms with Crippen LogP contribution in [0.1, 0.15) is 34.1 Å². The molecular formula is C16H30N4O. The van der Waals surface area contributed by atoms with Crippen LogP contribution in [-0.4, -0.2) is 48.7 Å². The third kappa shape index (κ3) is 3.98. The Hall–Kier alpha value is -1.07. The second-order valence-electron chi connectivity index (χ2n) is 7.00. The van der Waals surface area contributed by atoms with E-state index >= 15 is 0 Å². The molecule has 21 heavy (non-hydrogen) atoms. The van der Waals surface area contributed by atoms with Crippen molar-refractivity contribution < 1.29 is 4.74 Å². The van der Waals surface area contributed by atoms with Gasteiger partial charge < -0.3 is 15.0 Å². The van der Waals surface area contributed by atoms with Gasteiger partial charge in [0.15, 0.2) is 0 Å². The maximum atomic E-state index is 5.12. The molecule has 2 rings (SSSR count). The fourth-order valence-corrected chi connectivity index (χ4v) is 2.87. The second kappa shape index (κ2) is 6.79. The average Bonchev–Trinajstić information content (AvgIpc) is 2.92. The van der Waals surface area contributed by atoms with Crippen molar-refractivity contribution in [1.29, 1.82) is 0 Å². The van der Waals surface area contributed by atoms with Gasteiger partial charge in [-0.3, -0.25) is 4.68 Å². The zero-order valence-corrected chi connectivity index (χ0v) is 14.1. The van der Waals surface area contributed by atoms with Gasteiger partial charge in [-0.2, -0.15) is 5.10 Å².